The molecule has 1 unspecified atom stereocenters. The Morgan fingerprint density at radius 1 is 1.00 bits per heavy atom. The van der Waals surface area contributed by atoms with Crippen LogP contribution in [0.15, 0.2) is 77.2 Å². The van der Waals surface area contributed by atoms with E-state index < -0.39 is 10.1 Å². The van der Waals surface area contributed by atoms with Gasteiger partial charge in [-0.3, -0.25) is 0 Å². The second kappa shape index (κ2) is 14.0. The quantitative estimate of drug-likeness (QED) is 0.124. The molecule has 0 aliphatic heterocycles. The van der Waals surface area contributed by atoms with Crippen molar-refractivity contribution in [1.82, 2.24) is 0 Å². The summed E-state index contributed by atoms with van der Waals surface area (Å²) in [6.45, 7) is 9.78. The van der Waals surface area contributed by atoms with Crippen LogP contribution in [0.1, 0.15) is 61.8 Å². The molecule has 0 amide bonds. The van der Waals surface area contributed by atoms with Gasteiger partial charge in [-0.05, 0) is 70.2 Å². The fourth-order valence-corrected chi connectivity index (χ4v) is 5.19. The number of carbonyl (C=O) groups is 1. The molecule has 3 aromatic carbocycles. The van der Waals surface area contributed by atoms with Gasteiger partial charge in [0.25, 0.3) is 0 Å². The van der Waals surface area contributed by atoms with Crippen molar-refractivity contribution in [2.24, 2.45) is 0 Å². The molecular formula is C32H38O7S. The van der Waals surface area contributed by atoms with E-state index in [9.17, 15) is 13.2 Å². The summed E-state index contributed by atoms with van der Waals surface area (Å²) >= 11 is 0. The number of rotatable bonds is 13. The van der Waals surface area contributed by atoms with Gasteiger partial charge in [0, 0.05) is 16.7 Å². The van der Waals surface area contributed by atoms with Gasteiger partial charge in [0.05, 0.1) is 13.7 Å². The smallest absolute Gasteiger partial charge is 0.339 e. The van der Waals surface area contributed by atoms with Crippen LogP contribution in [0.4, 0.5) is 0 Å². The molecule has 1 atom stereocenters. The predicted octanol–water partition coefficient (Wildman–Crippen LogP) is 7.05. The maximum atomic E-state index is 13.2. The van der Waals surface area contributed by atoms with Crippen molar-refractivity contribution >= 4 is 16.1 Å². The maximum absolute atomic E-state index is 13.2. The molecule has 8 heteroatoms. The molecule has 0 saturated carbocycles. The third-order valence-corrected chi connectivity index (χ3v) is 7.83. The Labute approximate surface area is 237 Å². The van der Waals surface area contributed by atoms with Gasteiger partial charge in [-0.1, -0.05) is 61.0 Å². The van der Waals surface area contributed by atoms with Gasteiger partial charge in [-0.15, -0.1) is 0 Å². The van der Waals surface area contributed by atoms with Crippen LogP contribution in [0.3, 0.4) is 0 Å². The second-order valence-corrected chi connectivity index (χ2v) is 11.2. The number of benzene rings is 3. The molecule has 0 fully saturated rings. The highest BCUT2D eigenvalue weighted by Crippen LogP contribution is 2.45. The lowest BCUT2D eigenvalue weighted by molar-refractivity contribution is -0.138. The van der Waals surface area contributed by atoms with Crippen molar-refractivity contribution in [1.29, 1.82) is 0 Å². The number of allylic oxidation sites excluding steroid dienone is 1. The average Bonchev–Trinajstić information content (AvgIpc) is 2.93. The van der Waals surface area contributed by atoms with Crippen molar-refractivity contribution < 1.29 is 31.6 Å². The Morgan fingerprint density at radius 2 is 1.68 bits per heavy atom. The number of ether oxygens (including phenoxy) is 3. The predicted molar refractivity (Wildman–Crippen MR) is 156 cm³/mol. The van der Waals surface area contributed by atoms with Gasteiger partial charge < -0.3 is 18.4 Å². The van der Waals surface area contributed by atoms with E-state index in [-0.39, 0.29) is 22.5 Å². The topological polar surface area (TPSA) is 88.1 Å². The van der Waals surface area contributed by atoms with Crippen LogP contribution >= 0.6 is 0 Å². The highest BCUT2D eigenvalue weighted by Gasteiger charge is 2.26. The summed E-state index contributed by atoms with van der Waals surface area (Å²) in [5.41, 5.74) is 3.73. The van der Waals surface area contributed by atoms with Crippen LogP contribution in [0.2, 0.25) is 0 Å². The van der Waals surface area contributed by atoms with E-state index in [0.29, 0.717) is 48.7 Å². The van der Waals surface area contributed by atoms with Crippen LogP contribution < -0.4 is 13.7 Å². The summed E-state index contributed by atoms with van der Waals surface area (Å²) in [7, 11) is -2.56. The third kappa shape index (κ3) is 7.88. The minimum absolute atomic E-state index is 0.0649. The molecule has 0 N–H and O–H groups in total. The van der Waals surface area contributed by atoms with E-state index >= 15 is 0 Å². The van der Waals surface area contributed by atoms with Crippen LogP contribution in [-0.4, -0.2) is 28.1 Å². The SMILES string of the molecule is CCOC(=O)C(C)=CCCC(C)c1cc(OS(=O)(=O)c2ccc(C)cc2)c(C)c(OC)c1OCc1ccccc1. The molecule has 0 bridgehead atoms. The van der Waals surface area contributed by atoms with Gasteiger partial charge in [-0.2, -0.15) is 8.42 Å². The Bertz CT molecular complexity index is 1430. The van der Waals surface area contributed by atoms with E-state index in [4.69, 9.17) is 18.4 Å². The Morgan fingerprint density at radius 3 is 2.30 bits per heavy atom. The van der Waals surface area contributed by atoms with E-state index in [2.05, 4.69) is 0 Å². The molecule has 0 heterocycles. The van der Waals surface area contributed by atoms with E-state index in [1.54, 1.807) is 39.0 Å². The number of hydrogen-bond acceptors (Lipinski definition) is 7. The molecular weight excluding hydrogens is 528 g/mol. The number of esters is 1. The Kier molecular flexibility index (Phi) is 10.8. The zero-order valence-electron chi connectivity index (χ0n) is 24.0. The van der Waals surface area contributed by atoms with Gasteiger partial charge in [-0.25, -0.2) is 4.79 Å². The van der Waals surface area contributed by atoms with Crippen LogP contribution in [0, 0.1) is 13.8 Å². The first-order valence-corrected chi connectivity index (χ1v) is 14.7. The molecule has 0 spiro atoms. The molecule has 0 saturated heterocycles. The number of methoxy groups -OCH3 is 1. The summed E-state index contributed by atoms with van der Waals surface area (Å²) in [6.07, 6.45) is 3.12. The molecule has 7 nitrogen and oxygen atoms in total. The first kappa shape index (κ1) is 30.8. The van der Waals surface area contributed by atoms with E-state index in [1.165, 1.54) is 19.2 Å². The zero-order chi connectivity index (χ0) is 29.3. The minimum Gasteiger partial charge on any atom is -0.492 e. The molecule has 214 valence electrons. The second-order valence-electron chi connectivity index (χ2n) is 9.66. The van der Waals surface area contributed by atoms with Crippen LogP contribution in [-0.2, 0) is 26.3 Å². The van der Waals surface area contributed by atoms with Crippen molar-refractivity contribution in [3.8, 4) is 17.2 Å². The van der Waals surface area contributed by atoms with Gasteiger partial charge in [0.1, 0.15) is 17.3 Å². The lowest BCUT2D eigenvalue weighted by Gasteiger charge is -2.23. The third-order valence-electron chi connectivity index (χ3n) is 6.58. The minimum atomic E-state index is -4.09. The highest BCUT2D eigenvalue weighted by molar-refractivity contribution is 7.87. The normalized spacial score (nSPS) is 12.5. The Balaban J connectivity index is 1.99. The van der Waals surface area contributed by atoms with Crippen molar-refractivity contribution in [2.45, 2.75) is 64.9 Å². The molecule has 0 aromatic heterocycles. The van der Waals surface area contributed by atoms with Crippen LogP contribution in [0.25, 0.3) is 0 Å². The van der Waals surface area contributed by atoms with Crippen LogP contribution in [0.5, 0.6) is 17.2 Å². The first-order valence-electron chi connectivity index (χ1n) is 13.3. The Hall–Kier alpha value is -3.78. The molecule has 3 rings (SSSR count). The highest BCUT2D eigenvalue weighted by atomic mass is 32.2. The van der Waals surface area contributed by atoms with Gasteiger partial charge >= 0.3 is 16.1 Å². The molecule has 3 aromatic rings. The van der Waals surface area contributed by atoms with Crippen molar-refractivity contribution in [2.75, 3.05) is 13.7 Å². The number of hydrogen-bond donors (Lipinski definition) is 0. The summed E-state index contributed by atoms with van der Waals surface area (Å²) in [4.78, 5) is 12.1. The standard InChI is InChI=1S/C32H38O7S/c1-7-37-32(33)24(4)13-11-12-23(3)28-20-29(39-40(34,35)27-18-16-22(2)17-19-27)25(5)30(36-6)31(28)38-21-26-14-9-8-10-15-26/h8-10,13-20,23H,7,11-12,21H2,1-6H3. The largest absolute Gasteiger partial charge is 0.492 e. The maximum Gasteiger partial charge on any atom is 0.339 e. The summed E-state index contributed by atoms with van der Waals surface area (Å²) < 4.78 is 49.1. The summed E-state index contributed by atoms with van der Waals surface area (Å²) in [5.74, 6) is 0.687. The summed E-state index contributed by atoms with van der Waals surface area (Å²) in [5, 5.41) is 0. The van der Waals surface area contributed by atoms with E-state index in [0.717, 1.165) is 16.7 Å². The van der Waals surface area contributed by atoms with E-state index in [1.807, 2.05) is 50.3 Å². The average molecular weight is 567 g/mol. The molecule has 0 radical (unpaired) electrons. The number of carbonyl (C=O) groups excluding carboxylic acids is 1. The fourth-order valence-electron chi connectivity index (χ4n) is 4.21. The summed E-state index contributed by atoms with van der Waals surface area (Å²) in [6, 6.07) is 18.0. The lowest BCUT2D eigenvalue weighted by Crippen LogP contribution is -2.12. The van der Waals surface area contributed by atoms with Crippen molar-refractivity contribution in [3.05, 3.63) is 94.6 Å². The molecule has 40 heavy (non-hydrogen) atoms. The monoisotopic (exact) mass is 566 g/mol. The first-order chi connectivity index (χ1) is 19.1. The van der Waals surface area contributed by atoms with Gasteiger partial charge in [0.15, 0.2) is 11.5 Å². The molecule has 0 aliphatic rings. The zero-order valence-corrected chi connectivity index (χ0v) is 24.8. The van der Waals surface area contributed by atoms with Crippen molar-refractivity contribution in [3.63, 3.8) is 0 Å². The van der Waals surface area contributed by atoms with Gasteiger partial charge in [0.2, 0.25) is 0 Å². The number of aryl methyl sites for hydroxylation is 1. The lowest BCUT2D eigenvalue weighted by atomic mass is 9.93. The fraction of sp³-hybridized carbons (Fsp3) is 0.344. The molecule has 0 aliphatic carbocycles.